The van der Waals surface area contributed by atoms with Gasteiger partial charge in [-0.05, 0) is 43.5 Å². The largest absolute Gasteiger partial charge is 0.395 e. The van der Waals surface area contributed by atoms with Crippen LogP contribution in [-0.4, -0.2) is 49.2 Å². The van der Waals surface area contributed by atoms with Crippen LogP contribution in [0, 0.1) is 20.8 Å². The fourth-order valence-corrected chi connectivity index (χ4v) is 3.64. The minimum absolute atomic E-state index is 0.0186. The number of benzene rings is 1. The van der Waals surface area contributed by atoms with Gasteiger partial charge in [0.2, 0.25) is 10.0 Å². The van der Waals surface area contributed by atoms with Gasteiger partial charge in [-0.3, -0.25) is 0 Å². The summed E-state index contributed by atoms with van der Waals surface area (Å²) in [5, 5.41) is 17.9. The third kappa shape index (κ3) is 3.54. The van der Waals surface area contributed by atoms with Crippen molar-refractivity contribution in [3.63, 3.8) is 0 Å². The molecule has 0 aliphatic heterocycles. The molecule has 0 atom stereocenters. The monoisotopic (exact) mass is 287 g/mol. The fourth-order valence-electron chi connectivity index (χ4n) is 1.93. The molecule has 0 heterocycles. The number of aryl methyl sites for hydroxylation is 3. The van der Waals surface area contributed by atoms with Crippen LogP contribution in [0.3, 0.4) is 0 Å². The molecule has 1 rings (SSSR count). The van der Waals surface area contributed by atoms with Gasteiger partial charge in [0.05, 0.1) is 18.1 Å². The van der Waals surface area contributed by atoms with Crippen LogP contribution < -0.4 is 0 Å². The molecule has 108 valence electrons. The van der Waals surface area contributed by atoms with Gasteiger partial charge in [0.25, 0.3) is 0 Å². The van der Waals surface area contributed by atoms with Crippen LogP contribution in [-0.2, 0) is 10.0 Å². The van der Waals surface area contributed by atoms with E-state index in [0.717, 1.165) is 15.4 Å². The number of hydrogen-bond acceptors (Lipinski definition) is 4. The van der Waals surface area contributed by atoms with E-state index in [1.165, 1.54) is 0 Å². The van der Waals surface area contributed by atoms with E-state index in [-0.39, 0.29) is 31.2 Å². The Kier molecular flexibility index (Phi) is 5.49. The maximum atomic E-state index is 12.5. The summed E-state index contributed by atoms with van der Waals surface area (Å²) in [5.41, 5.74) is 2.61. The molecule has 0 aliphatic rings. The highest BCUT2D eigenvalue weighted by Crippen LogP contribution is 2.23. The van der Waals surface area contributed by atoms with Gasteiger partial charge in [-0.2, -0.15) is 4.31 Å². The Bertz CT molecular complexity index is 534. The lowest BCUT2D eigenvalue weighted by Crippen LogP contribution is -2.36. The average molecular weight is 287 g/mol. The Morgan fingerprint density at radius 1 is 0.947 bits per heavy atom. The minimum atomic E-state index is -3.68. The average Bonchev–Trinajstić information content (AvgIpc) is 2.33. The number of aliphatic hydroxyl groups excluding tert-OH is 2. The van der Waals surface area contributed by atoms with Crippen molar-refractivity contribution in [2.45, 2.75) is 25.7 Å². The highest BCUT2D eigenvalue weighted by Gasteiger charge is 2.25. The predicted molar refractivity (Wildman–Crippen MR) is 73.6 cm³/mol. The van der Waals surface area contributed by atoms with Gasteiger partial charge in [0.1, 0.15) is 0 Å². The quantitative estimate of drug-likeness (QED) is 0.802. The molecular weight excluding hydrogens is 266 g/mol. The number of aliphatic hydroxyl groups is 2. The molecule has 6 heteroatoms. The first-order chi connectivity index (χ1) is 8.84. The van der Waals surface area contributed by atoms with Crippen molar-refractivity contribution in [3.05, 3.63) is 28.8 Å². The predicted octanol–water partition coefficient (Wildman–Crippen LogP) is 0.587. The van der Waals surface area contributed by atoms with Gasteiger partial charge in [-0.25, -0.2) is 8.42 Å². The van der Waals surface area contributed by atoms with E-state index >= 15 is 0 Å². The number of nitrogens with zero attached hydrogens (tertiary/aromatic N) is 1. The summed E-state index contributed by atoms with van der Waals surface area (Å²) in [7, 11) is -3.68. The molecule has 0 spiro atoms. The number of sulfonamides is 1. The first kappa shape index (κ1) is 16.1. The summed E-state index contributed by atoms with van der Waals surface area (Å²) in [6.07, 6.45) is 0. The van der Waals surface area contributed by atoms with Crippen LogP contribution in [0.25, 0.3) is 0 Å². The fraction of sp³-hybridized carbons (Fsp3) is 0.538. The van der Waals surface area contributed by atoms with Gasteiger partial charge in [-0.1, -0.05) is 6.07 Å². The number of rotatable bonds is 6. The molecule has 0 bridgehead atoms. The van der Waals surface area contributed by atoms with Crippen molar-refractivity contribution in [2.75, 3.05) is 26.3 Å². The van der Waals surface area contributed by atoms with Gasteiger partial charge < -0.3 is 10.2 Å². The maximum Gasteiger partial charge on any atom is 0.243 e. The molecule has 0 radical (unpaired) electrons. The topological polar surface area (TPSA) is 77.8 Å². The zero-order valence-corrected chi connectivity index (χ0v) is 12.4. The highest BCUT2D eigenvalue weighted by atomic mass is 32.2. The second-order valence-electron chi connectivity index (χ2n) is 4.55. The first-order valence-corrected chi connectivity index (χ1v) is 7.58. The van der Waals surface area contributed by atoms with Crippen LogP contribution >= 0.6 is 0 Å². The Balaban J connectivity index is 3.28. The summed E-state index contributed by atoms with van der Waals surface area (Å²) < 4.78 is 26.1. The van der Waals surface area contributed by atoms with Gasteiger partial charge in [0.15, 0.2) is 0 Å². The van der Waals surface area contributed by atoms with E-state index in [0.29, 0.717) is 5.56 Å². The second kappa shape index (κ2) is 6.47. The molecule has 0 unspecified atom stereocenters. The molecule has 0 saturated heterocycles. The first-order valence-electron chi connectivity index (χ1n) is 6.14. The zero-order chi connectivity index (χ0) is 14.6. The molecule has 0 saturated carbocycles. The summed E-state index contributed by atoms with van der Waals surface area (Å²) in [6, 6.07) is 3.47. The Morgan fingerprint density at radius 3 is 1.89 bits per heavy atom. The van der Waals surface area contributed by atoms with E-state index in [4.69, 9.17) is 10.2 Å². The van der Waals surface area contributed by atoms with Crippen molar-refractivity contribution in [3.8, 4) is 0 Å². The molecule has 0 aromatic heterocycles. The summed E-state index contributed by atoms with van der Waals surface area (Å²) in [5.74, 6) is 0. The smallest absolute Gasteiger partial charge is 0.243 e. The molecule has 19 heavy (non-hydrogen) atoms. The number of hydrogen-bond donors (Lipinski definition) is 2. The van der Waals surface area contributed by atoms with Crippen molar-refractivity contribution in [2.24, 2.45) is 0 Å². The van der Waals surface area contributed by atoms with E-state index in [1.54, 1.807) is 13.0 Å². The van der Waals surface area contributed by atoms with Crippen molar-refractivity contribution in [1.29, 1.82) is 0 Å². The van der Waals surface area contributed by atoms with Crippen LogP contribution in [0.1, 0.15) is 16.7 Å². The third-order valence-corrected chi connectivity index (χ3v) is 5.15. The summed E-state index contributed by atoms with van der Waals surface area (Å²) >= 11 is 0. The van der Waals surface area contributed by atoms with Gasteiger partial charge >= 0.3 is 0 Å². The zero-order valence-electron chi connectivity index (χ0n) is 11.5. The van der Waals surface area contributed by atoms with E-state index in [9.17, 15) is 8.42 Å². The molecule has 0 aliphatic carbocycles. The lowest BCUT2D eigenvalue weighted by molar-refractivity contribution is 0.217. The van der Waals surface area contributed by atoms with Crippen LogP contribution in [0.5, 0.6) is 0 Å². The summed E-state index contributed by atoms with van der Waals surface area (Å²) in [6.45, 7) is 4.94. The third-order valence-electron chi connectivity index (χ3n) is 3.11. The molecule has 0 amide bonds. The van der Waals surface area contributed by atoms with Gasteiger partial charge in [0, 0.05) is 13.1 Å². The van der Waals surface area contributed by atoms with Crippen molar-refractivity contribution < 1.29 is 18.6 Å². The molecule has 0 fully saturated rings. The van der Waals surface area contributed by atoms with Crippen molar-refractivity contribution in [1.82, 2.24) is 4.31 Å². The van der Waals surface area contributed by atoms with Gasteiger partial charge in [-0.15, -0.1) is 0 Å². The second-order valence-corrected chi connectivity index (χ2v) is 6.46. The van der Waals surface area contributed by atoms with E-state index in [1.807, 2.05) is 19.9 Å². The normalized spacial score (nSPS) is 12.1. The molecule has 1 aromatic rings. The van der Waals surface area contributed by atoms with Crippen LogP contribution in [0.4, 0.5) is 0 Å². The van der Waals surface area contributed by atoms with Crippen LogP contribution in [0.2, 0.25) is 0 Å². The van der Waals surface area contributed by atoms with Crippen molar-refractivity contribution >= 4 is 10.0 Å². The molecule has 1 aromatic carbocycles. The maximum absolute atomic E-state index is 12.5. The molecule has 5 nitrogen and oxygen atoms in total. The summed E-state index contributed by atoms with van der Waals surface area (Å²) in [4.78, 5) is 0.234. The minimum Gasteiger partial charge on any atom is -0.395 e. The molecule has 2 N–H and O–H groups in total. The Morgan fingerprint density at radius 2 is 1.42 bits per heavy atom. The highest BCUT2D eigenvalue weighted by molar-refractivity contribution is 7.89. The SMILES string of the molecule is Cc1cc(C)c(S(=O)(=O)N(CCO)CCO)cc1C. The standard InChI is InChI=1S/C13H21NO4S/c1-10-8-12(3)13(9-11(10)2)19(17,18)14(4-6-15)5-7-16/h8-9,15-16H,4-7H2,1-3H3. The lowest BCUT2D eigenvalue weighted by atomic mass is 10.1. The van der Waals surface area contributed by atoms with E-state index < -0.39 is 10.0 Å². The van der Waals surface area contributed by atoms with E-state index in [2.05, 4.69) is 0 Å². The Labute approximate surface area is 114 Å². The molecular formula is C13H21NO4S. The van der Waals surface area contributed by atoms with Crippen LogP contribution in [0.15, 0.2) is 17.0 Å². The lowest BCUT2D eigenvalue weighted by Gasteiger charge is -2.22. The Hall–Kier alpha value is -0.950.